The zero-order valence-corrected chi connectivity index (χ0v) is 7.70. The minimum absolute atomic E-state index is 1.05. The Labute approximate surface area is 85.7 Å². The molecule has 0 fully saturated rings. The second kappa shape index (κ2) is 5.38. The molecular weight excluding hydrogens is 198 g/mol. The highest BCUT2D eigenvalue weighted by Gasteiger charge is 1.96. The van der Waals surface area contributed by atoms with Gasteiger partial charge in [-0.2, -0.15) is 5.10 Å². The number of para-hydroxylation sites is 1. The van der Waals surface area contributed by atoms with Crippen LogP contribution in [0.15, 0.2) is 35.4 Å². The molecule has 1 heterocycles. The maximum atomic E-state index is 8.36. The second-order valence-corrected chi connectivity index (χ2v) is 2.57. The van der Waals surface area contributed by atoms with Gasteiger partial charge in [-0.15, -0.1) is 10.1 Å². The summed E-state index contributed by atoms with van der Waals surface area (Å²) >= 11 is 0. The number of allylic oxidation sites excluding steroid dienone is 1. The first kappa shape index (κ1) is 10.7. The second-order valence-electron chi connectivity index (χ2n) is 2.57. The van der Waals surface area contributed by atoms with Crippen molar-refractivity contribution >= 4 is 18.0 Å². The lowest BCUT2D eigenvalue weighted by Crippen LogP contribution is -1.87. The van der Waals surface area contributed by atoms with Crippen molar-refractivity contribution < 1.29 is 10.3 Å². The molecule has 0 atom stereocenters. The highest BCUT2D eigenvalue weighted by atomic mass is 16.9. The normalized spacial score (nSPS) is 11.5. The number of nitrogens with one attached hydrogen (secondary N) is 1. The summed E-state index contributed by atoms with van der Waals surface area (Å²) in [4.78, 5) is 8.36. The van der Waals surface area contributed by atoms with Crippen LogP contribution in [-0.4, -0.2) is 16.5 Å². The molecule has 0 saturated heterocycles. The van der Waals surface area contributed by atoms with Crippen LogP contribution in [0.5, 0.6) is 0 Å². The molecule has 1 aromatic rings. The largest absolute Gasteiger partial charge is 0.328 e. The molecule has 0 aliphatic carbocycles. The van der Waals surface area contributed by atoms with E-state index in [1.807, 2.05) is 36.4 Å². The highest BCUT2D eigenvalue weighted by Crippen LogP contribution is 2.17. The molecule has 0 spiro atoms. The van der Waals surface area contributed by atoms with Gasteiger partial charge in [0.15, 0.2) is 0 Å². The van der Waals surface area contributed by atoms with E-state index in [0.717, 1.165) is 5.69 Å². The molecule has 0 unspecified atom stereocenters. The van der Waals surface area contributed by atoms with Crippen molar-refractivity contribution in [3.63, 3.8) is 0 Å². The standard InChI is InChI=1S/C9H8N2.HNO3/c1-2-6-9-8(4-1)5-3-7-10-11-9;2-1(3)4/h1-7,11H;(H,2,3,4). The molecule has 1 aliphatic rings. The van der Waals surface area contributed by atoms with Gasteiger partial charge in [-0.25, -0.2) is 0 Å². The van der Waals surface area contributed by atoms with E-state index in [0.29, 0.717) is 0 Å². The fraction of sp³-hybridized carbons (Fsp3) is 0. The molecule has 0 amide bonds. The van der Waals surface area contributed by atoms with Crippen molar-refractivity contribution in [2.24, 2.45) is 5.10 Å². The molecule has 1 aromatic carbocycles. The van der Waals surface area contributed by atoms with Gasteiger partial charge in [0.25, 0.3) is 5.09 Å². The van der Waals surface area contributed by atoms with E-state index in [4.69, 9.17) is 15.3 Å². The summed E-state index contributed by atoms with van der Waals surface area (Å²) in [7, 11) is 0. The van der Waals surface area contributed by atoms with Crippen molar-refractivity contribution in [1.82, 2.24) is 0 Å². The number of benzene rings is 1. The number of nitrogens with zero attached hydrogens (tertiary/aromatic N) is 2. The first-order valence-corrected chi connectivity index (χ1v) is 4.08. The van der Waals surface area contributed by atoms with Gasteiger partial charge in [-0.1, -0.05) is 24.3 Å². The van der Waals surface area contributed by atoms with Gasteiger partial charge in [0, 0.05) is 6.21 Å². The molecule has 1 aliphatic heterocycles. The number of rotatable bonds is 0. The third-order valence-electron chi connectivity index (χ3n) is 1.58. The molecular formula is C9H9N3O3. The average Bonchev–Trinajstić information content (AvgIpc) is 2.41. The van der Waals surface area contributed by atoms with Gasteiger partial charge in [0.05, 0.1) is 5.69 Å². The summed E-state index contributed by atoms with van der Waals surface area (Å²) in [5.41, 5.74) is 5.16. The number of hydrazone groups is 1. The van der Waals surface area contributed by atoms with E-state index in [2.05, 4.69) is 10.5 Å². The zero-order valence-electron chi connectivity index (χ0n) is 7.70. The number of fused-ring (bicyclic) bond motifs is 1. The number of hydrogen-bond donors (Lipinski definition) is 2. The van der Waals surface area contributed by atoms with Crippen molar-refractivity contribution in [2.75, 3.05) is 5.43 Å². The van der Waals surface area contributed by atoms with Crippen LogP contribution in [0.1, 0.15) is 5.56 Å². The van der Waals surface area contributed by atoms with Crippen LogP contribution >= 0.6 is 0 Å². The zero-order chi connectivity index (χ0) is 11.1. The van der Waals surface area contributed by atoms with E-state index >= 15 is 0 Å². The Kier molecular flexibility index (Phi) is 3.84. The molecule has 78 valence electrons. The molecule has 6 heteroatoms. The third-order valence-corrected chi connectivity index (χ3v) is 1.58. The van der Waals surface area contributed by atoms with E-state index < -0.39 is 5.09 Å². The lowest BCUT2D eigenvalue weighted by Gasteiger charge is -2.00. The van der Waals surface area contributed by atoms with Gasteiger partial charge in [0.1, 0.15) is 0 Å². The Morgan fingerprint density at radius 1 is 1.40 bits per heavy atom. The summed E-state index contributed by atoms with van der Waals surface area (Å²) in [5.74, 6) is 0. The fourth-order valence-electron chi connectivity index (χ4n) is 1.04. The minimum Gasteiger partial charge on any atom is -0.328 e. The van der Waals surface area contributed by atoms with Crippen molar-refractivity contribution in [2.45, 2.75) is 0 Å². The van der Waals surface area contributed by atoms with Crippen molar-refractivity contribution in [3.8, 4) is 0 Å². The summed E-state index contributed by atoms with van der Waals surface area (Å²) in [5, 5.41) is 17.6. The first-order valence-electron chi connectivity index (χ1n) is 4.08. The van der Waals surface area contributed by atoms with Gasteiger partial charge >= 0.3 is 0 Å². The Balaban J connectivity index is 0.000000245. The maximum Gasteiger partial charge on any atom is 0.291 e. The number of anilines is 1. The third kappa shape index (κ3) is 3.90. The number of hydrogen-bond acceptors (Lipinski definition) is 4. The van der Waals surface area contributed by atoms with Crippen LogP contribution < -0.4 is 5.43 Å². The van der Waals surface area contributed by atoms with E-state index in [1.54, 1.807) is 6.21 Å². The van der Waals surface area contributed by atoms with E-state index in [-0.39, 0.29) is 0 Å². The molecule has 0 bridgehead atoms. The Morgan fingerprint density at radius 2 is 2.07 bits per heavy atom. The molecule has 0 saturated carbocycles. The summed E-state index contributed by atoms with van der Waals surface area (Å²) in [6, 6.07) is 8.05. The summed E-state index contributed by atoms with van der Waals surface area (Å²) in [6.45, 7) is 0. The predicted octanol–water partition coefficient (Wildman–Crippen LogP) is 1.76. The average molecular weight is 207 g/mol. The maximum absolute atomic E-state index is 8.36. The van der Waals surface area contributed by atoms with Crippen molar-refractivity contribution in [3.05, 3.63) is 46.0 Å². The summed E-state index contributed by atoms with van der Waals surface area (Å²) in [6.07, 6.45) is 5.68. The Morgan fingerprint density at radius 3 is 2.80 bits per heavy atom. The van der Waals surface area contributed by atoms with E-state index in [1.165, 1.54) is 5.56 Å². The monoisotopic (exact) mass is 207 g/mol. The van der Waals surface area contributed by atoms with Gasteiger partial charge in [-0.05, 0) is 17.7 Å². The smallest absolute Gasteiger partial charge is 0.291 e. The lowest BCUT2D eigenvalue weighted by atomic mass is 10.2. The lowest BCUT2D eigenvalue weighted by molar-refractivity contribution is -0.742. The van der Waals surface area contributed by atoms with Crippen LogP contribution in [0.3, 0.4) is 0 Å². The fourth-order valence-corrected chi connectivity index (χ4v) is 1.04. The summed E-state index contributed by atoms with van der Waals surface area (Å²) < 4.78 is 0. The quantitative estimate of drug-likeness (QED) is 0.501. The van der Waals surface area contributed by atoms with Crippen LogP contribution in [0, 0.1) is 10.1 Å². The highest BCUT2D eigenvalue weighted by molar-refractivity contribution is 5.83. The Hall–Kier alpha value is -2.37. The predicted molar refractivity (Wildman–Crippen MR) is 56.4 cm³/mol. The SMILES string of the molecule is C1=Cc2ccccc2NN=C1.O=[N+]([O-])O. The Bertz CT molecular complexity index is 397. The topological polar surface area (TPSA) is 87.8 Å². The van der Waals surface area contributed by atoms with Crippen molar-refractivity contribution in [1.29, 1.82) is 0 Å². The van der Waals surface area contributed by atoms with Crippen LogP contribution in [0.4, 0.5) is 5.69 Å². The van der Waals surface area contributed by atoms with E-state index in [9.17, 15) is 0 Å². The first-order chi connectivity index (χ1) is 7.20. The van der Waals surface area contributed by atoms with Crippen LogP contribution in [-0.2, 0) is 0 Å². The molecule has 6 nitrogen and oxygen atoms in total. The molecule has 0 aromatic heterocycles. The molecule has 15 heavy (non-hydrogen) atoms. The molecule has 2 rings (SSSR count). The van der Waals surface area contributed by atoms with Gasteiger partial charge in [0.2, 0.25) is 0 Å². The van der Waals surface area contributed by atoms with Gasteiger partial charge in [-0.3, -0.25) is 5.43 Å². The minimum atomic E-state index is -1.50. The molecule has 0 radical (unpaired) electrons. The molecule has 2 N–H and O–H groups in total. The van der Waals surface area contributed by atoms with Crippen LogP contribution in [0.25, 0.3) is 6.08 Å². The van der Waals surface area contributed by atoms with Crippen LogP contribution in [0.2, 0.25) is 0 Å². The van der Waals surface area contributed by atoms with Gasteiger partial charge < -0.3 is 5.21 Å².